The van der Waals surface area contributed by atoms with Gasteiger partial charge in [0.25, 0.3) is 0 Å². The van der Waals surface area contributed by atoms with E-state index in [1.165, 1.54) is 22.3 Å². The summed E-state index contributed by atoms with van der Waals surface area (Å²) in [6.45, 7) is 16.4. The quantitative estimate of drug-likeness (QED) is 0.645. The highest BCUT2D eigenvalue weighted by molar-refractivity contribution is 5.85. The average molecular weight is 439 g/mol. The SMILES string of the molecule is Cc1cc([C@H](N2CCNCC2)C(C)(C)C)cc(C)c1OCc1ccccc1.Cl.Cl. The van der Waals surface area contributed by atoms with Crippen LogP contribution in [-0.2, 0) is 6.61 Å². The predicted octanol–water partition coefficient (Wildman–Crippen LogP) is 5.72. The Kier molecular flexibility index (Phi) is 9.97. The van der Waals surface area contributed by atoms with Gasteiger partial charge in [-0.25, -0.2) is 0 Å². The molecule has 2 aromatic carbocycles. The predicted molar refractivity (Wildman–Crippen MR) is 128 cm³/mol. The Morgan fingerprint density at radius 1 is 0.966 bits per heavy atom. The second kappa shape index (κ2) is 11.2. The van der Waals surface area contributed by atoms with E-state index in [0.29, 0.717) is 12.6 Å². The Hall–Kier alpha value is -1.26. The molecule has 1 fully saturated rings. The summed E-state index contributed by atoms with van der Waals surface area (Å²) in [6, 6.07) is 15.5. The third-order valence-electron chi connectivity index (χ3n) is 5.36. The van der Waals surface area contributed by atoms with Crippen LogP contribution in [0.4, 0.5) is 0 Å². The molecule has 0 aromatic heterocycles. The molecule has 1 saturated heterocycles. The highest BCUT2D eigenvalue weighted by Crippen LogP contribution is 2.40. The van der Waals surface area contributed by atoms with Crippen LogP contribution in [-0.4, -0.2) is 31.1 Å². The molecule has 0 aliphatic carbocycles. The fraction of sp³-hybridized carbons (Fsp3) is 0.500. The second-order valence-corrected chi connectivity index (χ2v) is 8.81. The van der Waals surface area contributed by atoms with E-state index in [4.69, 9.17) is 4.74 Å². The lowest BCUT2D eigenvalue weighted by molar-refractivity contribution is 0.0861. The topological polar surface area (TPSA) is 24.5 Å². The van der Waals surface area contributed by atoms with Gasteiger partial charge < -0.3 is 10.1 Å². The van der Waals surface area contributed by atoms with E-state index in [0.717, 1.165) is 31.9 Å². The minimum atomic E-state index is 0. The van der Waals surface area contributed by atoms with Gasteiger partial charge in [0.05, 0.1) is 0 Å². The number of nitrogens with one attached hydrogen (secondary N) is 1. The summed E-state index contributed by atoms with van der Waals surface area (Å²) in [5, 5.41) is 3.47. The molecule has 3 rings (SSSR count). The molecule has 0 spiro atoms. The number of rotatable bonds is 5. The average Bonchev–Trinajstić information content (AvgIpc) is 2.62. The molecule has 1 N–H and O–H groups in total. The first kappa shape index (κ1) is 25.8. The molecule has 0 amide bonds. The van der Waals surface area contributed by atoms with Gasteiger partial charge in [0.15, 0.2) is 0 Å². The highest BCUT2D eigenvalue weighted by Gasteiger charge is 2.33. The number of aryl methyl sites for hydroxylation is 2. The Bertz CT molecular complexity index is 730. The zero-order chi connectivity index (χ0) is 19.4. The molecular formula is C24H36Cl2N2O. The van der Waals surface area contributed by atoms with Crippen molar-refractivity contribution in [3.05, 3.63) is 64.7 Å². The highest BCUT2D eigenvalue weighted by atomic mass is 35.5. The summed E-state index contributed by atoms with van der Waals surface area (Å²) in [4.78, 5) is 2.63. The van der Waals surface area contributed by atoms with Gasteiger partial charge in [-0.15, -0.1) is 24.8 Å². The van der Waals surface area contributed by atoms with Crippen molar-refractivity contribution in [1.29, 1.82) is 0 Å². The van der Waals surface area contributed by atoms with Gasteiger partial charge in [-0.1, -0.05) is 63.2 Å². The molecule has 1 aliphatic rings. The first-order valence-corrected chi connectivity index (χ1v) is 10.1. The van der Waals surface area contributed by atoms with Crippen molar-refractivity contribution in [2.45, 2.75) is 47.3 Å². The van der Waals surface area contributed by atoms with Gasteiger partial charge in [-0.3, -0.25) is 4.90 Å². The molecule has 162 valence electrons. The van der Waals surface area contributed by atoms with Crippen LogP contribution in [0.15, 0.2) is 42.5 Å². The number of ether oxygens (including phenoxy) is 1. The maximum atomic E-state index is 6.20. The maximum Gasteiger partial charge on any atom is 0.125 e. The Morgan fingerprint density at radius 2 is 1.52 bits per heavy atom. The fourth-order valence-electron chi connectivity index (χ4n) is 4.30. The molecule has 0 bridgehead atoms. The fourth-order valence-corrected chi connectivity index (χ4v) is 4.30. The zero-order valence-corrected chi connectivity index (χ0v) is 20.0. The molecular weight excluding hydrogens is 403 g/mol. The van der Waals surface area contributed by atoms with Crippen LogP contribution < -0.4 is 10.1 Å². The molecule has 1 atom stereocenters. The van der Waals surface area contributed by atoms with E-state index >= 15 is 0 Å². The third kappa shape index (κ3) is 6.62. The van der Waals surface area contributed by atoms with E-state index in [2.05, 4.69) is 81.2 Å². The van der Waals surface area contributed by atoms with Gasteiger partial charge in [0.2, 0.25) is 0 Å². The number of nitrogens with zero attached hydrogens (tertiary/aromatic N) is 1. The van der Waals surface area contributed by atoms with Crippen molar-refractivity contribution in [1.82, 2.24) is 10.2 Å². The van der Waals surface area contributed by atoms with Crippen LogP contribution in [0.5, 0.6) is 5.75 Å². The maximum absolute atomic E-state index is 6.20. The normalized spacial score (nSPS) is 15.8. The molecule has 5 heteroatoms. The van der Waals surface area contributed by atoms with E-state index in [-0.39, 0.29) is 30.2 Å². The largest absolute Gasteiger partial charge is 0.488 e. The summed E-state index contributed by atoms with van der Waals surface area (Å²) in [5.41, 5.74) is 5.25. The lowest BCUT2D eigenvalue weighted by Crippen LogP contribution is -2.48. The van der Waals surface area contributed by atoms with Crippen LogP contribution in [0.3, 0.4) is 0 Å². The molecule has 1 heterocycles. The third-order valence-corrected chi connectivity index (χ3v) is 5.36. The standard InChI is InChI=1S/C24H34N2O.2ClH/c1-18-15-21(23(24(3,4)5)26-13-11-25-12-14-26)16-19(2)22(18)27-17-20-9-7-6-8-10-20;;/h6-10,15-16,23,25H,11-14,17H2,1-5H3;2*1H/t23-;;/m0../s1. The zero-order valence-electron chi connectivity index (χ0n) is 18.3. The molecule has 0 unspecified atom stereocenters. The van der Waals surface area contributed by atoms with Gasteiger partial charge in [-0.05, 0) is 41.5 Å². The van der Waals surface area contributed by atoms with Gasteiger partial charge in [0.1, 0.15) is 12.4 Å². The van der Waals surface area contributed by atoms with E-state index in [1.807, 2.05) is 6.07 Å². The number of piperazine rings is 1. The van der Waals surface area contributed by atoms with Crippen LogP contribution >= 0.6 is 24.8 Å². The van der Waals surface area contributed by atoms with Crippen molar-refractivity contribution in [2.24, 2.45) is 5.41 Å². The van der Waals surface area contributed by atoms with Crippen LogP contribution in [0.25, 0.3) is 0 Å². The molecule has 1 aliphatic heterocycles. The van der Waals surface area contributed by atoms with E-state index in [1.54, 1.807) is 0 Å². The number of benzene rings is 2. The summed E-state index contributed by atoms with van der Waals surface area (Å²) < 4.78 is 6.20. The first-order chi connectivity index (χ1) is 12.9. The molecule has 3 nitrogen and oxygen atoms in total. The van der Waals surface area contributed by atoms with E-state index < -0.39 is 0 Å². The van der Waals surface area contributed by atoms with Crippen molar-refractivity contribution in [3.63, 3.8) is 0 Å². The van der Waals surface area contributed by atoms with Crippen LogP contribution in [0.1, 0.15) is 49.1 Å². The van der Waals surface area contributed by atoms with Gasteiger partial charge in [-0.2, -0.15) is 0 Å². The summed E-state index contributed by atoms with van der Waals surface area (Å²) in [6.07, 6.45) is 0. The first-order valence-electron chi connectivity index (χ1n) is 10.1. The minimum absolute atomic E-state index is 0. The Labute approximate surface area is 189 Å². The van der Waals surface area contributed by atoms with Gasteiger partial charge in [0, 0.05) is 32.2 Å². The number of hydrogen-bond donors (Lipinski definition) is 1. The molecule has 0 radical (unpaired) electrons. The van der Waals surface area contributed by atoms with Crippen LogP contribution in [0.2, 0.25) is 0 Å². The lowest BCUT2D eigenvalue weighted by Gasteiger charge is -2.43. The Balaban J connectivity index is 0.00000210. The summed E-state index contributed by atoms with van der Waals surface area (Å²) in [7, 11) is 0. The van der Waals surface area contributed by atoms with Crippen LogP contribution in [0, 0.1) is 19.3 Å². The smallest absolute Gasteiger partial charge is 0.125 e. The molecule has 0 saturated carbocycles. The second-order valence-electron chi connectivity index (χ2n) is 8.81. The minimum Gasteiger partial charge on any atom is -0.488 e. The van der Waals surface area contributed by atoms with Crippen molar-refractivity contribution in [3.8, 4) is 5.75 Å². The van der Waals surface area contributed by atoms with Crippen molar-refractivity contribution >= 4 is 24.8 Å². The summed E-state index contributed by atoms with van der Waals surface area (Å²) in [5.74, 6) is 1.02. The molecule has 29 heavy (non-hydrogen) atoms. The van der Waals surface area contributed by atoms with Crippen molar-refractivity contribution < 1.29 is 4.74 Å². The Morgan fingerprint density at radius 3 is 2.03 bits per heavy atom. The van der Waals surface area contributed by atoms with E-state index in [9.17, 15) is 0 Å². The lowest BCUT2D eigenvalue weighted by atomic mass is 9.80. The number of halogens is 2. The summed E-state index contributed by atoms with van der Waals surface area (Å²) >= 11 is 0. The van der Waals surface area contributed by atoms with Gasteiger partial charge >= 0.3 is 0 Å². The molecule has 2 aromatic rings. The number of hydrogen-bond acceptors (Lipinski definition) is 3. The van der Waals surface area contributed by atoms with Crippen molar-refractivity contribution in [2.75, 3.05) is 26.2 Å². The monoisotopic (exact) mass is 438 g/mol.